The molecule has 0 aliphatic heterocycles. The zero-order chi connectivity index (χ0) is 16.8. The molecule has 0 aromatic heterocycles. The highest BCUT2D eigenvalue weighted by molar-refractivity contribution is 5.75. The summed E-state index contributed by atoms with van der Waals surface area (Å²) in [6, 6.07) is 12.1. The number of hydrogen-bond acceptors (Lipinski definition) is 4. The van der Waals surface area contributed by atoms with E-state index in [1.807, 2.05) is 30.3 Å². The summed E-state index contributed by atoms with van der Waals surface area (Å²) in [6.07, 6.45) is 0.928. The maximum atomic E-state index is 5.70. The predicted octanol–water partition coefficient (Wildman–Crippen LogP) is 3.83. The molecule has 4 nitrogen and oxygen atoms in total. The molecule has 0 aliphatic rings. The maximum absolute atomic E-state index is 5.70. The lowest BCUT2D eigenvalue weighted by Gasteiger charge is -2.18. The lowest BCUT2D eigenvalue weighted by atomic mass is 9.93. The van der Waals surface area contributed by atoms with E-state index in [0.717, 1.165) is 34.8 Å². The first kappa shape index (κ1) is 17.2. The van der Waals surface area contributed by atoms with Gasteiger partial charge >= 0.3 is 0 Å². The van der Waals surface area contributed by atoms with Crippen LogP contribution in [0.3, 0.4) is 0 Å². The third-order valence-electron chi connectivity index (χ3n) is 4.07. The van der Waals surface area contributed by atoms with Crippen molar-refractivity contribution in [3.63, 3.8) is 0 Å². The van der Waals surface area contributed by atoms with Gasteiger partial charge in [0.05, 0.1) is 21.3 Å². The second-order valence-corrected chi connectivity index (χ2v) is 5.51. The Morgan fingerprint density at radius 3 is 2.17 bits per heavy atom. The van der Waals surface area contributed by atoms with Crippen LogP contribution in [0.15, 0.2) is 36.4 Å². The van der Waals surface area contributed by atoms with E-state index >= 15 is 0 Å². The molecule has 1 unspecified atom stereocenters. The van der Waals surface area contributed by atoms with Crippen molar-refractivity contribution in [2.75, 3.05) is 27.9 Å². The van der Waals surface area contributed by atoms with Crippen LogP contribution < -0.4 is 19.9 Å². The Bertz CT molecular complexity index is 638. The van der Waals surface area contributed by atoms with Crippen molar-refractivity contribution in [1.29, 1.82) is 0 Å². The number of methoxy groups -OCH3 is 3. The van der Waals surface area contributed by atoms with Gasteiger partial charge in [0.25, 0.3) is 0 Å². The Kier molecular flexibility index (Phi) is 5.88. The maximum Gasteiger partial charge on any atom is 0.168 e. The first-order valence-corrected chi connectivity index (χ1v) is 7.75. The number of hydrogen-bond donors (Lipinski definition) is 1. The van der Waals surface area contributed by atoms with E-state index in [-0.39, 0.29) is 0 Å². The third-order valence-corrected chi connectivity index (χ3v) is 4.07. The summed E-state index contributed by atoms with van der Waals surface area (Å²) in [7, 11) is 4.98. The van der Waals surface area contributed by atoms with Crippen LogP contribution in [0.2, 0.25) is 0 Å². The van der Waals surface area contributed by atoms with Gasteiger partial charge in [-0.3, -0.25) is 0 Å². The molecule has 2 aromatic carbocycles. The van der Waals surface area contributed by atoms with Gasteiger partial charge < -0.3 is 19.9 Å². The van der Waals surface area contributed by atoms with E-state index in [4.69, 9.17) is 19.9 Å². The van der Waals surface area contributed by atoms with Crippen molar-refractivity contribution in [2.45, 2.75) is 19.3 Å². The van der Waals surface area contributed by atoms with Gasteiger partial charge in [-0.25, -0.2) is 0 Å². The molecule has 0 heterocycles. The first-order chi connectivity index (χ1) is 11.1. The molecule has 4 heteroatoms. The normalized spacial score (nSPS) is 11.9. The van der Waals surface area contributed by atoms with E-state index < -0.39 is 0 Å². The van der Waals surface area contributed by atoms with Crippen LogP contribution in [-0.2, 0) is 0 Å². The van der Waals surface area contributed by atoms with Crippen LogP contribution in [-0.4, -0.2) is 27.9 Å². The molecule has 0 saturated carbocycles. The van der Waals surface area contributed by atoms with Gasteiger partial charge in [-0.2, -0.15) is 0 Å². The third kappa shape index (κ3) is 3.77. The van der Waals surface area contributed by atoms with Crippen molar-refractivity contribution in [2.24, 2.45) is 5.73 Å². The van der Waals surface area contributed by atoms with Gasteiger partial charge in [-0.05, 0) is 54.3 Å². The van der Waals surface area contributed by atoms with Gasteiger partial charge in [-0.1, -0.05) is 19.1 Å². The van der Waals surface area contributed by atoms with Gasteiger partial charge in [0.1, 0.15) is 5.75 Å². The van der Waals surface area contributed by atoms with E-state index in [9.17, 15) is 0 Å². The molecule has 0 fully saturated rings. The predicted molar refractivity (Wildman–Crippen MR) is 93.6 cm³/mol. The Morgan fingerprint density at radius 2 is 1.65 bits per heavy atom. The minimum atomic E-state index is 0.358. The number of ether oxygens (including phenoxy) is 3. The number of nitrogens with two attached hydrogens (primary N) is 1. The zero-order valence-electron chi connectivity index (χ0n) is 14.3. The summed E-state index contributed by atoms with van der Waals surface area (Å²) in [5.74, 6) is 2.66. The second kappa shape index (κ2) is 7.88. The largest absolute Gasteiger partial charge is 0.497 e. The number of benzene rings is 2. The molecule has 0 aliphatic carbocycles. The van der Waals surface area contributed by atoms with E-state index in [2.05, 4.69) is 13.0 Å². The smallest absolute Gasteiger partial charge is 0.168 e. The summed E-state index contributed by atoms with van der Waals surface area (Å²) >= 11 is 0. The Morgan fingerprint density at radius 1 is 0.957 bits per heavy atom. The SMILES string of the molecule is COc1ccc(-c2cc(C(C)CCN)cc(OC)c2OC)cc1. The molecule has 2 aromatic rings. The Balaban J connectivity index is 2.55. The lowest BCUT2D eigenvalue weighted by Crippen LogP contribution is -2.05. The van der Waals surface area contributed by atoms with Gasteiger partial charge in [-0.15, -0.1) is 0 Å². The monoisotopic (exact) mass is 315 g/mol. The van der Waals surface area contributed by atoms with Crippen LogP contribution >= 0.6 is 0 Å². The van der Waals surface area contributed by atoms with Crippen LogP contribution in [0, 0.1) is 0 Å². The fourth-order valence-corrected chi connectivity index (χ4v) is 2.67. The Labute approximate surface area is 138 Å². The molecule has 124 valence electrons. The van der Waals surface area contributed by atoms with E-state index in [0.29, 0.717) is 12.5 Å². The molecule has 0 spiro atoms. The van der Waals surface area contributed by atoms with Gasteiger partial charge in [0.2, 0.25) is 0 Å². The van der Waals surface area contributed by atoms with Crippen LogP contribution in [0.5, 0.6) is 17.2 Å². The molecule has 2 N–H and O–H groups in total. The van der Waals surface area contributed by atoms with E-state index in [1.165, 1.54) is 5.56 Å². The highest BCUT2D eigenvalue weighted by Gasteiger charge is 2.16. The summed E-state index contributed by atoms with van der Waals surface area (Å²) in [5.41, 5.74) is 8.96. The van der Waals surface area contributed by atoms with E-state index in [1.54, 1.807) is 21.3 Å². The molecule has 23 heavy (non-hydrogen) atoms. The molecule has 0 amide bonds. The van der Waals surface area contributed by atoms with Crippen LogP contribution in [0.25, 0.3) is 11.1 Å². The highest BCUT2D eigenvalue weighted by Crippen LogP contribution is 2.41. The lowest BCUT2D eigenvalue weighted by molar-refractivity contribution is 0.355. The molecular weight excluding hydrogens is 290 g/mol. The van der Waals surface area contributed by atoms with Crippen molar-refractivity contribution in [3.8, 4) is 28.4 Å². The summed E-state index contributed by atoms with van der Waals surface area (Å²) < 4.78 is 16.4. The molecule has 0 radical (unpaired) electrons. The standard InChI is InChI=1S/C19H25NO3/c1-13(9-10-20)15-11-17(19(23-4)18(12-15)22-3)14-5-7-16(21-2)8-6-14/h5-8,11-13H,9-10,20H2,1-4H3. The zero-order valence-corrected chi connectivity index (χ0v) is 14.3. The number of rotatable bonds is 7. The van der Waals surface area contributed by atoms with Crippen molar-refractivity contribution >= 4 is 0 Å². The minimum Gasteiger partial charge on any atom is -0.497 e. The van der Waals surface area contributed by atoms with Gasteiger partial charge in [0.15, 0.2) is 11.5 Å². The molecule has 0 saturated heterocycles. The average molecular weight is 315 g/mol. The van der Waals surface area contributed by atoms with Crippen LogP contribution in [0.4, 0.5) is 0 Å². The average Bonchev–Trinajstić information content (AvgIpc) is 2.60. The first-order valence-electron chi connectivity index (χ1n) is 7.75. The van der Waals surface area contributed by atoms with Crippen molar-refractivity contribution in [3.05, 3.63) is 42.0 Å². The quantitative estimate of drug-likeness (QED) is 0.843. The summed E-state index contributed by atoms with van der Waals surface area (Å²) in [5, 5.41) is 0. The van der Waals surface area contributed by atoms with Crippen LogP contribution in [0.1, 0.15) is 24.8 Å². The fraction of sp³-hybridized carbons (Fsp3) is 0.368. The highest BCUT2D eigenvalue weighted by atomic mass is 16.5. The molecular formula is C19H25NO3. The molecule has 2 rings (SSSR count). The summed E-state index contributed by atoms with van der Waals surface area (Å²) in [6.45, 7) is 2.83. The molecule has 1 atom stereocenters. The molecule has 0 bridgehead atoms. The minimum absolute atomic E-state index is 0.358. The summed E-state index contributed by atoms with van der Waals surface area (Å²) in [4.78, 5) is 0. The second-order valence-electron chi connectivity index (χ2n) is 5.51. The van der Waals surface area contributed by atoms with Crippen molar-refractivity contribution < 1.29 is 14.2 Å². The van der Waals surface area contributed by atoms with Gasteiger partial charge in [0, 0.05) is 5.56 Å². The van der Waals surface area contributed by atoms with Crippen molar-refractivity contribution in [1.82, 2.24) is 0 Å². The fourth-order valence-electron chi connectivity index (χ4n) is 2.67. The topological polar surface area (TPSA) is 53.7 Å². The Hall–Kier alpha value is -2.20.